The van der Waals surface area contributed by atoms with Crippen LogP contribution in [0, 0.1) is 0 Å². The van der Waals surface area contributed by atoms with E-state index in [9.17, 15) is 4.79 Å². The molecule has 0 bridgehead atoms. The van der Waals surface area contributed by atoms with Crippen molar-refractivity contribution >= 4 is 16.8 Å². The highest BCUT2D eigenvalue weighted by Crippen LogP contribution is 2.12. The number of aromatic amines is 1. The van der Waals surface area contributed by atoms with Gasteiger partial charge in [-0.1, -0.05) is 11.2 Å². The van der Waals surface area contributed by atoms with Gasteiger partial charge in [0, 0.05) is 10.9 Å². The number of carbonyl (C=O) groups is 1. The number of hydrogen-bond donors (Lipinski definition) is 2. The fourth-order valence-electron chi connectivity index (χ4n) is 1.61. The van der Waals surface area contributed by atoms with Gasteiger partial charge in [0.2, 0.25) is 6.39 Å². The number of nitrogens with zero attached hydrogens (tertiary/aromatic N) is 3. The number of benzene rings is 1. The molecule has 0 saturated carbocycles. The van der Waals surface area contributed by atoms with Crippen molar-refractivity contribution in [2.75, 3.05) is 0 Å². The van der Waals surface area contributed by atoms with Gasteiger partial charge in [0.1, 0.15) is 0 Å². The Labute approximate surface area is 101 Å². The molecule has 2 N–H and O–H groups in total. The van der Waals surface area contributed by atoms with Crippen molar-refractivity contribution in [3.8, 4) is 0 Å². The lowest BCUT2D eigenvalue weighted by Gasteiger charge is -2.02. The van der Waals surface area contributed by atoms with Gasteiger partial charge in [0.05, 0.1) is 18.3 Å². The molecule has 2 aromatic heterocycles. The molecule has 0 radical (unpaired) electrons. The first-order chi connectivity index (χ1) is 8.83. The zero-order valence-corrected chi connectivity index (χ0v) is 9.25. The molecule has 3 rings (SSSR count). The molecule has 7 nitrogen and oxygen atoms in total. The summed E-state index contributed by atoms with van der Waals surface area (Å²) in [6.07, 6.45) is 2.93. The molecule has 0 aliphatic rings. The van der Waals surface area contributed by atoms with Crippen LogP contribution in [0.1, 0.15) is 16.2 Å². The van der Waals surface area contributed by atoms with Crippen LogP contribution in [0.5, 0.6) is 0 Å². The Hall–Kier alpha value is -2.70. The zero-order chi connectivity index (χ0) is 12.4. The van der Waals surface area contributed by atoms with Crippen LogP contribution in [-0.4, -0.2) is 26.2 Å². The number of aromatic nitrogens is 4. The maximum atomic E-state index is 11.9. The van der Waals surface area contributed by atoms with Crippen LogP contribution in [0.15, 0.2) is 35.3 Å². The number of nitrogens with one attached hydrogen (secondary N) is 2. The quantitative estimate of drug-likeness (QED) is 0.711. The van der Waals surface area contributed by atoms with Crippen molar-refractivity contribution in [1.29, 1.82) is 0 Å². The molecule has 0 aliphatic heterocycles. The highest BCUT2D eigenvalue weighted by Gasteiger charge is 2.08. The molecule has 3 aromatic rings. The summed E-state index contributed by atoms with van der Waals surface area (Å²) in [4.78, 5) is 15.7. The Balaban J connectivity index is 1.75. The maximum Gasteiger partial charge on any atom is 0.251 e. The first-order valence-corrected chi connectivity index (χ1v) is 5.29. The van der Waals surface area contributed by atoms with E-state index in [-0.39, 0.29) is 12.5 Å². The predicted molar refractivity (Wildman–Crippen MR) is 61.6 cm³/mol. The highest BCUT2D eigenvalue weighted by atomic mass is 16.5. The predicted octanol–water partition coefficient (Wildman–Crippen LogP) is 0.876. The van der Waals surface area contributed by atoms with Crippen molar-refractivity contribution < 1.29 is 9.32 Å². The van der Waals surface area contributed by atoms with Crippen molar-refractivity contribution in [3.05, 3.63) is 42.2 Å². The van der Waals surface area contributed by atoms with Crippen LogP contribution < -0.4 is 5.32 Å². The van der Waals surface area contributed by atoms with E-state index in [1.165, 1.54) is 6.39 Å². The Morgan fingerprint density at radius 2 is 2.39 bits per heavy atom. The third kappa shape index (κ3) is 1.93. The van der Waals surface area contributed by atoms with E-state index in [2.05, 4.69) is 30.2 Å². The standard InChI is InChI=1S/C11H9N5O2/c17-11(12-5-10-13-6-18-16-10)7-1-2-8-4-14-15-9(8)3-7/h1-4,6H,5H2,(H,12,17)(H,14,15). The topological polar surface area (TPSA) is 96.7 Å². The summed E-state index contributed by atoms with van der Waals surface area (Å²) < 4.78 is 4.57. The average molecular weight is 243 g/mol. The third-order valence-electron chi connectivity index (χ3n) is 2.52. The Kier molecular flexibility index (Phi) is 2.49. The summed E-state index contributed by atoms with van der Waals surface area (Å²) in [6.45, 7) is 0.232. The first kappa shape index (κ1) is 10.5. The SMILES string of the molecule is O=C(NCc1ncon1)c1ccc2cn[nH]c2c1. The van der Waals surface area contributed by atoms with Gasteiger partial charge in [-0.2, -0.15) is 10.1 Å². The van der Waals surface area contributed by atoms with Gasteiger partial charge in [-0.3, -0.25) is 9.89 Å². The molecule has 0 unspecified atom stereocenters. The van der Waals surface area contributed by atoms with Crippen LogP contribution in [0.4, 0.5) is 0 Å². The van der Waals surface area contributed by atoms with Gasteiger partial charge >= 0.3 is 0 Å². The van der Waals surface area contributed by atoms with Crippen molar-refractivity contribution in [1.82, 2.24) is 25.7 Å². The lowest BCUT2D eigenvalue weighted by Crippen LogP contribution is -2.23. The molecule has 1 aromatic carbocycles. The zero-order valence-electron chi connectivity index (χ0n) is 9.25. The van der Waals surface area contributed by atoms with E-state index >= 15 is 0 Å². The summed E-state index contributed by atoms with van der Waals surface area (Å²) >= 11 is 0. The Bertz CT molecular complexity index is 674. The van der Waals surface area contributed by atoms with Gasteiger partial charge in [0.15, 0.2) is 5.82 Å². The second-order valence-electron chi connectivity index (χ2n) is 3.70. The number of carbonyl (C=O) groups excluding carboxylic acids is 1. The fraction of sp³-hybridized carbons (Fsp3) is 0.0909. The fourth-order valence-corrected chi connectivity index (χ4v) is 1.61. The van der Waals surface area contributed by atoms with E-state index in [0.29, 0.717) is 11.4 Å². The summed E-state index contributed by atoms with van der Waals surface area (Å²) in [5.74, 6) is 0.238. The average Bonchev–Trinajstić information content (AvgIpc) is 3.05. The van der Waals surface area contributed by atoms with E-state index in [1.807, 2.05) is 6.07 Å². The van der Waals surface area contributed by atoms with E-state index in [0.717, 1.165) is 10.9 Å². The maximum absolute atomic E-state index is 11.9. The van der Waals surface area contributed by atoms with Crippen LogP contribution in [-0.2, 0) is 6.54 Å². The van der Waals surface area contributed by atoms with Crippen LogP contribution in [0.2, 0.25) is 0 Å². The smallest absolute Gasteiger partial charge is 0.251 e. The molecule has 0 atom stereocenters. The summed E-state index contributed by atoms with van der Waals surface area (Å²) in [5, 5.41) is 14.0. The van der Waals surface area contributed by atoms with E-state index in [1.54, 1.807) is 18.3 Å². The van der Waals surface area contributed by atoms with Gasteiger partial charge in [-0.15, -0.1) is 0 Å². The molecule has 0 spiro atoms. The number of H-pyrrole nitrogens is 1. The third-order valence-corrected chi connectivity index (χ3v) is 2.52. The Morgan fingerprint density at radius 1 is 1.44 bits per heavy atom. The summed E-state index contributed by atoms with van der Waals surface area (Å²) in [7, 11) is 0. The van der Waals surface area contributed by atoms with Gasteiger partial charge in [0.25, 0.3) is 5.91 Å². The highest BCUT2D eigenvalue weighted by molar-refractivity contribution is 5.97. The van der Waals surface area contributed by atoms with Crippen molar-refractivity contribution in [2.24, 2.45) is 0 Å². The van der Waals surface area contributed by atoms with Crippen LogP contribution in [0.3, 0.4) is 0 Å². The molecule has 18 heavy (non-hydrogen) atoms. The monoisotopic (exact) mass is 243 g/mol. The minimum absolute atomic E-state index is 0.198. The van der Waals surface area contributed by atoms with E-state index in [4.69, 9.17) is 0 Å². The lowest BCUT2D eigenvalue weighted by atomic mass is 10.1. The number of hydrogen-bond acceptors (Lipinski definition) is 5. The largest absolute Gasteiger partial charge is 0.345 e. The summed E-state index contributed by atoms with van der Waals surface area (Å²) in [5.41, 5.74) is 1.37. The normalized spacial score (nSPS) is 10.7. The van der Waals surface area contributed by atoms with Gasteiger partial charge in [-0.25, -0.2) is 0 Å². The minimum Gasteiger partial charge on any atom is -0.345 e. The molecule has 0 saturated heterocycles. The molecule has 7 heteroatoms. The molecule has 1 amide bonds. The molecule has 2 heterocycles. The number of amides is 1. The number of fused-ring (bicyclic) bond motifs is 1. The Morgan fingerprint density at radius 3 is 3.22 bits per heavy atom. The van der Waals surface area contributed by atoms with E-state index < -0.39 is 0 Å². The van der Waals surface area contributed by atoms with Crippen LogP contribution in [0.25, 0.3) is 10.9 Å². The molecule has 0 aliphatic carbocycles. The van der Waals surface area contributed by atoms with Crippen molar-refractivity contribution in [2.45, 2.75) is 6.54 Å². The van der Waals surface area contributed by atoms with Gasteiger partial charge in [-0.05, 0) is 12.1 Å². The first-order valence-electron chi connectivity index (χ1n) is 5.29. The second kappa shape index (κ2) is 4.28. The summed E-state index contributed by atoms with van der Waals surface area (Å²) in [6, 6.07) is 5.32. The van der Waals surface area contributed by atoms with Crippen molar-refractivity contribution in [3.63, 3.8) is 0 Å². The molecule has 90 valence electrons. The van der Waals surface area contributed by atoms with Crippen LogP contribution >= 0.6 is 0 Å². The molecule has 0 fully saturated rings. The molecular weight excluding hydrogens is 234 g/mol. The number of rotatable bonds is 3. The van der Waals surface area contributed by atoms with Gasteiger partial charge < -0.3 is 9.84 Å². The lowest BCUT2D eigenvalue weighted by molar-refractivity contribution is 0.0950. The minimum atomic E-state index is -0.198. The molecular formula is C11H9N5O2. The second-order valence-corrected chi connectivity index (χ2v) is 3.70.